The van der Waals surface area contributed by atoms with Crippen LogP contribution in [0.1, 0.15) is 10.4 Å². The number of benzene rings is 2. The van der Waals surface area contributed by atoms with Gasteiger partial charge in [0.15, 0.2) is 0 Å². The van der Waals surface area contributed by atoms with Crippen molar-refractivity contribution in [2.45, 2.75) is 0 Å². The second-order valence-corrected chi connectivity index (χ2v) is 4.48. The van der Waals surface area contributed by atoms with E-state index in [0.717, 1.165) is 6.07 Å². The number of nitro benzene ring substituents is 1. The number of ether oxygens (including phenoxy) is 1. The fraction of sp³-hybridized carbons (Fsp3) is 0.0714. The summed E-state index contributed by atoms with van der Waals surface area (Å²) >= 11 is 5.92. The number of hydrogen-bond acceptors (Lipinski definition) is 4. The summed E-state index contributed by atoms with van der Waals surface area (Å²) in [6.07, 6.45) is 0. The first-order chi connectivity index (χ1) is 10.0. The number of para-hydroxylation sites is 2. The van der Waals surface area contributed by atoms with Gasteiger partial charge in [0.2, 0.25) is 0 Å². The number of amides is 1. The Morgan fingerprint density at radius 3 is 2.67 bits per heavy atom. The quantitative estimate of drug-likeness (QED) is 0.692. The molecule has 21 heavy (non-hydrogen) atoms. The number of carbonyl (C=O) groups is 1. The standard InChI is InChI=1S/C14H11ClN2O4/c1-21-13-5-3-2-4-12(13)16-14(18)10-8-9(17(19)20)6-7-11(10)15/h2-8H,1H3,(H,16,18). The molecule has 6 nitrogen and oxygen atoms in total. The third kappa shape index (κ3) is 3.29. The van der Waals surface area contributed by atoms with Crippen molar-refractivity contribution in [3.8, 4) is 5.75 Å². The summed E-state index contributed by atoms with van der Waals surface area (Å²) in [7, 11) is 1.48. The highest BCUT2D eigenvalue weighted by atomic mass is 35.5. The van der Waals surface area contributed by atoms with Gasteiger partial charge in [0, 0.05) is 12.1 Å². The molecule has 0 spiro atoms. The van der Waals surface area contributed by atoms with E-state index >= 15 is 0 Å². The number of halogens is 1. The molecule has 0 unspecified atom stereocenters. The number of nitro groups is 1. The lowest BCUT2D eigenvalue weighted by Gasteiger charge is -2.10. The molecule has 7 heteroatoms. The van der Waals surface area contributed by atoms with Crippen LogP contribution in [0, 0.1) is 10.1 Å². The van der Waals surface area contributed by atoms with E-state index < -0.39 is 10.8 Å². The van der Waals surface area contributed by atoms with Crippen LogP contribution in [-0.4, -0.2) is 17.9 Å². The fourth-order valence-electron chi connectivity index (χ4n) is 1.74. The van der Waals surface area contributed by atoms with Crippen LogP contribution < -0.4 is 10.1 Å². The molecule has 0 heterocycles. The van der Waals surface area contributed by atoms with Gasteiger partial charge in [-0.25, -0.2) is 0 Å². The number of anilines is 1. The van der Waals surface area contributed by atoms with E-state index in [-0.39, 0.29) is 16.3 Å². The maximum absolute atomic E-state index is 12.2. The molecule has 0 aliphatic heterocycles. The summed E-state index contributed by atoms with van der Waals surface area (Å²) < 4.78 is 5.12. The molecule has 0 fully saturated rings. The molecule has 0 radical (unpaired) electrons. The zero-order chi connectivity index (χ0) is 15.4. The van der Waals surface area contributed by atoms with Crippen molar-refractivity contribution in [3.05, 3.63) is 63.2 Å². The molecular formula is C14H11ClN2O4. The van der Waals surface area contributed by atoms with E-state index in [0.29, 0.717) is 11.4 Å². The van der Waals surface area contributed by atoms with Crippen LogP contribution >= 0.6 is 11.6 Å². The van der Waals surface area contributed by atoms with E-state index in [1.807, 2.05) is 0 Å². The van der Waals surface area contributed by atoms with E-state index in [2.05, 4.69) is 5.32 Å². The molecule has 0 saturated heterocycles. The number of nitrogens with one attached hydrogen (secondary N) is 1. The maximum Gasteiger partial charge on any atom is 0.270 e. The molecule has 0 saturated carbocycles. The average molecular weight is 307 g/mol. The van der Waals surface area contributed by atoms with Crippen LogP contribution in [-0.2, 0) is 0 Å². The molecule has 1 amide bonds. The van der Waals surface area contributed by atoms with Crippen LogP contribution in [0.2, 0.25) is 5.02 Å². The zero-order valence-corrected chi connectivity index (χ0v) is 11.8. The van der Waals surface area contributed by atoms with Crippen molar-refractivity contribution in [3.63, 3.8) is 0 Å². The Bertz CT molecular complexity index is 703. The molecule has 2 aromatic carbocycles. The second kappa shape index (κ2) is 6.23. The van der Waals surface area contributed by atoms with Crippen LogP contribution in [0.5, 0.6) is 5.75 Å². The SMILES string of the molecule is COc1ccccc1NC(=O)c1cc([N+](=O)[O-])ccc1Cl. The van der Waals surface area contributed by atoms with Gasteiger partial charge in [0.05, 0.1) is 28.3 Å². The summed E-state index contributed by atoms with van der Waals surface area (Å²) in [5.74, 6) is -0.0689. The predicted molar refractivity (Wildman–Crippen MR) is 79.1 cm³/mol. The van der Waals surface area contributed by atoms with Gasteiger partial charge in [0.25, 0.3) is 11.6 Å². The maximum atomic E-state index is 12.2. The fourth-order valence-corrected chi connectivity index (χ4v) is 1.94. The Balaban J connectivity index is 2.32. The van der Waals surface area contributed by atoms with E-state index in [4.69, 9.17) is 16.3 Å². The molecule has 0 aliphatic rings. The van der Waals surface area contributed by atoms with Crippen LogP contribution in [0.3, 0.4) is 0 Å². The summed E-state index contributed by atoms with van der Waals surface area (Å²) in [6, 6.07) is 10.5. The largest absolute Gasteiger partial charge is 0.495 e. The van der Waals surface area contributed by atoms with E-state index in [1.54, 1.807) is 24.3 Å². The lowest BCUT2D eigenvalue weighted by molar-refractivity contribution is -0.384. The Hall–Kier alpha value is -2.60. The van der Waals surface area contributed by atoms with Gasteiger partial charge in [0.1, 0.15) is 5.75 Å². The van der Waals surface area contributed by atoms with Crippen LogP contribution in [0.4, 0.5) is 11.4 Å². The first-order valence-corrected chi connectivity index (χ1v) is 6.29. The number of rotatable bonds is 4. The summed E-state index contributed by atoms with van der Waals surface area (Å²) in [4.78, 5) is 22.4. The first kappa shape index (κ1) is 14.8. The van der Waals surface area contributed by atoms with Crippen LogP contribution in [0.15, 0.2) is 42.5 Å². The van der Waals surface area contributed by atoms with Crippen molar-refractivity contribution in [2.75, 3.05) is 12.4 Å². The Kier molecular flexibility index (Phi) is 4.39. The molecule has 0 bridgehead atoms. The third-order valence-electron chi connectivity index (χ3n) is 2.76. The van der Waals surface area contributed by atoms with Crippen molar-refractivity contribution < 1.29 is 14.5 Å². The van der Waals surface area contributed by atoms with Crippen molar-refractivity contribution >= 4 is 28.9 Å². The number of methoxy groups -OCH3 is 1. The van der Waals surface area contributed by atoms with Gasteiger partial charge in [-0.05, 0) is 18.2 Å². The van der Waals surface area contributed by atoms with E-state index in [9.17, 15) is 14.9 Å². The number of non-ortho nitro benzene ring substituents is 1. The normalized spacial score (nSPS) is 10.0. The lowest BCUT2D eigenvalue weighted by Crippen LogP contribution is -2.13. The highest BCUT2D eigenvalue weighted by Crippen LogP contribution is 2.26. The van der Waals surface area contributed by atoms with Crippen molar-refractivity contribution in [2.24, 2.45) is 0 Å². The Labute approximate surface area is 125 Å². The average Bonchev–Trinajstić information content (AvgIpc) is 2.47. The molecule has 0 aromatic heterocycles. The number of hydrogen-bond donors (Lipinski definition) is 1. The smallest absolute Gasteiger partial charge is 0.270 e. The Morgan fingerprint density at radius 1 is 1.29 bits per heavy atom. The first-order valence-electron chi connectivity index (χ1n) is 5.91. The predicted octanol–water partition coefficient (Wildman–Crippen LogP) is 3.51. The summed E-state index contributed by atoms with van der Waals surface area (Å²) in [5, 5.41) is 13.5. The zero-order valence-electron chi connectivity index (χ0n) is 11.0. The minimum absolute atomic E-state index is 0.0248. The van der Waals surface area contributed by atoms with Gasteiger partial charge in [-0.3, -0.25) is 14.9 Å². The van der Waals surface area contributed by atoms with Crippen molar-refractivity contribution in [1.29, 1.82) is 0 Å². The monoisotopic (exact) mass is 306 g/mol. The third-order valence-corrected chi connectivity index (χ3v) is 3.09. The van der Waals surface area contributed by atoms with Crippen LogP contribution in [0.25, 0.3) is 0 Å². The minimum atomic E-state index is -0.587. The van der Waals surface area contributed by atoms with Gasteiger partial charge in [-0.2, -0.15) is 0 Å². The molecule has 0 atom stereocenters. The van der Waals surface area contributed by atoms with Gasteiger partial charge in [-0.1, -0.05) is 23.7 Å². The topological polar surface area (TPSA) is 81.5 Å². The highest BCUT2D eigenvalue weighted by molar-refractivity contribution is 6.34. The summed E-state index contributed by atoms with van der Waals surface area (Å²) in [5.41, 5.74) is 0.272. The van der Waals surface area contributed by atoms with E-state index in [1.165, 1.54) is 19.2 Å². The minimum Gasteiger partial charge on any atom is -0.495 e. The molecule has 2 rings (SSSR count). The molecule has 0 aliphatic carbocycles. The number of carbonyl (C=O) groups excluding carboxylic acids is 1. The highest BCUT2D eigenvalue weighted by Gasteiger charge is 2.17. The molecule has 1 N–H and O–H groups in total. The number of nitrogens with zero attached hydrogens (tertiary/aromatic N) is 1. The molecule has 108 valence electrons. The van der Waals surface area contributed by atoms with Gasteiger partial charge < -0.3 is 10.1 Å². The lowest BCUT2D eigenvalue weighted by atomic mass is 10.1. The molecular weight excluding hydrogens is 296 g/mol. The molecule has 2 aromatic rings. The summed E-state index contributed by atoms with van der Waals surface area (Å²) in [6.45, 7) is 0. The second-order valence-electron chi connectivity index (χ2n) is 4.08. The van der Waals surface area contributed by atoms with Crippen molar-refractivity contribution in [1.82, 2.24) is 0 Å². The Morgan fingerprint density at radius 2 is 2.00 bits per heavy atom. The van der Waals surface area contributed by atoms with Gasteiger partial charge in [-0.15, -0.1) is 0 Å². The van der Waals surface area contributed by atoms with Gasteiger partial charge >= 0.3 is 0 Å².